The van der Waals surface area contributed by atoms with Crippen LogP contribution < -0.4 is 26.2 Å². The molecular formula is C40H33BN2. The molecular weight excluding hydrogens is 519 g/mol. The number of aryl methyl sites for hydroxylation is 2. The fraction of sp³-hybridized carbons (Fsp3) is 0.250. The average Bonchev–Trinajstić information content (AvgIpc) is 2.96. The van der Waals surface area contributed by atoms with Crippen LogP contribution in [0.5, 0.6) is 0 Å². The van der Waals surface area contributed by atoms with Crippen LogP contribution in [0.15, 0.2) is 66.7 Å². The van der Waals surface area contributed by atoms with Crippen molar-refractivity contribution in [3.63, 3.8) is 0 Å². The Morgan fingerprint density at radius 2 is 0.977 bits per heavy atom. The molecule has 0 bridgehead atoms. The Bertz CT molecular complexity index is 2080. The van der Waals surface area contributed by atoms with Gasteiger partial charge in [0.25, 0.3) is 6.71 Å². The smallest absolute Gasteiger partial charge is 0.252 e. The first kappa shape index (κ1) is 23.2. The normalized spacial score (nSPS) is 18.5. The highest BCUT2D eigenvalue weighted by atomic mass is 15.2. The van der Waals surface area contributed by atoms with Crippen molar-refractivity contribution in [2.75, 3.05) is 9.80 Å². The maximum atomic E-state index is 2.73. The van der Waals surface area contributed by atoms with Crippen LogP contribution >= 0.6 is 0 Å². The summed E-state index contributed by atoms with van der Waals surface area (Å²) in [7, 11) is 0. The summed E-state index contributed by atoms with van der Waals surface area (Å²) in [6.07, 6.45) is 2.01. The first-order valence-electron chi connectivity index (χ1n) is 16.0. The molecule has 0 amide bonds. The highest BCUT2D eigenvalue weighted by molar-refractivity contribution is 7.00. The number of hydrogen-bond acceptors (Lipinski definition) is 2. The number of anilines is 6. The van der Waals surface area contributed by atoms with Crippen molar-refractivity contribution in [3.8, 4) is 0 Å². The maximum Gasteiger partial charge on any atom is 0.252 e. The van der Waals surface area contributed by atoms with E-state index in [2.05, 4.69) is 118 Å². The van der Waals surface area contributed by atoms with Crippen molar-refractivity contribution in [1.82, 2.24) is 0 Å². The molecule has 0 atom stereocenters. The van der Waals surface area contributed by atoms with E-state index in [1.165, 1.54) is 106 Å². The van der Waals surface area contributed by atoms with Crippen LogP contribution in [0.3, 0.4) is 0 Å². The molecule has 0 aliphatic carbocycles. The van der Waals surface area contributed by atoms with Crippen LogP contribution in [0.2, 0.25) is 0 Å². The lowest BCUT2D eigenvalue weighted by Gasteiger charge is -2.56. The molecule has 5 aromatic rings. The maximum absolute atomic E-state index is 2.73. The van der Waals surface area contributed by atoms with Gasteiger partial charge in [-0.3, -0.25) is 0 Å². The zero-order valence-electron chi connectivity index (χ0n) is 25.7. The molecule has 11 rings (SSSR count). The van der Waals surface area contributed by atoms with Gasteiger partial charge in [-0.25, -0.2) is 0 Å². The lowest BCUT2D eigenvalue weighted by molar-refractivity contribution is 0.606. The third-order valence-electron chi connectivity index (χ3n) is 12.0. The van der Waals surface area contributed by atoms with Gasteiger partial charge in [-0.1, -0.05) is 99.5 Å². The van der Waals surface area contributed by atoms with Gasteiger partial charge in [0, 0.05) is 46.4 Å². The number of rotatable bonds is 0. The van der Waals surface area contributed by atoms with Crippen LogP contribution in [0.1, 0.15) is 83.3 Å². The monoisotopic (exact) mass is 552 g/mol. The summed E-state index contributed by atoms with van der Waals surface area (Å²) in [5, 5.41) is 0. The molecule has 0 N–H and O–H groups in total. The lowest BCUT2D eigenvalue weighted by Crippen LogP contribution is -2.64. The topological polar surface area (TPSA) is 6.48 Å². The van der Waals surface area contributed by atoms with E-state index in [9.17, 15) is 0 Å². The standard InChI is InChI=1S/C40H33BN2/c1-20-13-24-17-22-9-7-11-26-33(22)42-35(24)30(15-20)41-31-16-21(2)14-25-18-23-10-8-12-27-34(23)43(36(25)31)38-29(40(27,5)6)19-28(39(26,3)4)37(42)32(38)41/h7-16,19H,17-18H2,1-6H3. The highest BCUT2D eigenvalue weighted by Crippen LogP contribution is 2.63. The molecule has 2 nitrogen and oxygen atoms in total. The summed E-state index contributed by atoms with van der Waals surface area (Å²) >= 11 is 0. The third-order valence-corrected chi connectivity index (χ3v) is 12.0. The molecule has 3 heteroatoms. The molecule has 0 saturated carbocycles. The molecule has 6 aliphatic rings. The predicted molar refractivity (Wildman–Crippen MR) is 180 cm³/mol. The van der Waals surface area contributed by atoms with E-state index in [4.69, 9.17) is 0 Å². The summed E-state index contributed by atoms with van der Waals surface area (Å²) in [6.45, 7) is 14.7. The zero-order chi connectivity index (χ0) is 28.9. The van der Waals surface area contributed by atoms with Gasteiger partial charge in [-0.2, -0.15) is 0 Å². The van der Waals surface area contributed by atoms with E-state index < -0.39 is 0 Å². The van der Waals surface area contributed by atoms with Gasteiger partial charge in [0.15, 0.2) is 0 Å². The van der Waals surface area contributed by atoms with Crippen LogP contribution in [0.4, 0.5) is 34.1 Å². The summed E-state index contributed by atoms with van der Waals surface area (Å²) < 4.78 is 0. The van der Waals surface area contributed by atoms with E-state index in [0.29, 0.717) is 0 Å². The van der Waals surface area contributed by atoms with Crippen LogP contribution in [-0.2, 0) is 23.7 Å². The Hall–Kier alpha value is -4.24. The van der Waals surface area contributed by atoms with E-state index in [1.807, 2.05) is 0 Å². The second kappa shape index (κ2) is 6.78. The Morgan fingerprint density at radius 3 is 1.44 bits per heavy atom. The third kappa shape index (κ3) is 2.34. The molecule has 0 unspecified atom stereocenters. The number of fused-ring (bicyclic) bond motifs is 2. The summed E-state index contributed by atoms with van der Waals surface area (Å²) in [5.74, 6) is 0. The van der Waals surface area contributed by atoms with Gasteiger partial charge < -0.3 is 9.80 Å². The number of benzene rings is 5. The van der Waals surface area contributed by atoms with E-state index in [-0.39, 0.29) is 17.5 Å². The first-order valence-corrected chi connectivity index (χ1v) is 16.0. The Balaban J connectivity index is 1.40. The van der Waals surface area contributed by atoms with Gasteiger partial charge in [0.05, 0.1) is 11.4 Å². The molecule has 5 aromatic carbocycles. The first-order chi connectivity index (χ1) is 20.7. The molecule has 6 heterocycles. The van der Waals surface area contributed by atoms with Crippen LogP contribution in [0.25, 0.3) is 0 Å². The summed E-state index contributed by atoms with van der Waals surface area (Å²) in [6, 6.07) is 26.8. The van der Waals surface area contributed by atoms with Gasteiger partial charge >= 0.3 is 0 Å². The van der Waals surface area contributed by atoms with Crippen LogP contribution in [-0.4, -0.2) is 6.71 Å². The second-order valence-corrected chi connectivity index (χ2v) is 15.1. The number of para-hydroxylation sites is 2. The second-order valence-electron chi connectivity index (χ2n) is 15.1. The summed E-state index contributed by atoms with van der Waals surface area (Å²) in [5.41, 5.74) is 27.5. The van der Waals surface area contributed by atoms with Crippen molar-refractivity contribution in [1.29, 1.82) is 0 Å². The molecule has 43 heavy (non-hydrogen) atoms. The molecule has 6 aliphatic heterocycles. The Morgan fingerprint density at radius 1 is 0.512 bits per heavy atom. The van der Waals surface area contributed by atoms with Crippen LogP contribution in [0, 0.1) is 13.8 Å². The number of hydrogen-bond donors (Lipinski definition) is 0. The summed E-state index contributed by atoms with van der Waals surface area (Å²) in [4.78, 5) is 5.45. The quantitative estimate of drug-likeness (QED) is 0.180. The fourth-order valence-corrected chi connectivity index (χ4v) is 10.3. The van der Waals surface area contributed by atoms with Gasteiger partial charge in [-0.05, 0) is 80.8 Å². The van der Waals surface area contributed by atoms with Crippen molar-refractivity contribution in [2.24, 2.45) is 0 Å². The molecule has 0 fully saturated rings. The lowest BCUT2D eigenvalue weighted by atomic mass is 9.31. The van der Waals surface area contributed by atoms with Gasteiger partial charge in [0.1, 0.15) is 0 Å². The number of nitrogens with zero attached hydrogens (tertiary/aromatic N) is 2. The van der Waals surface area contributed by atoms with Gasteiger partial charge in [0.2, 0.25) is 0 Å². The Kier molecular flexibility index (Phi) is 3.67. The fourth-order valence-electron chi connectivity index (χ4n) is 10.3. The minimum Gasteiger partial charge on any atom is -0.310 e. The molecule has 0 radical (unpaired) electrons. The van der Waals surface area contributed by atoms with Gasteiger partial charge in [-0.15, -0.1) is 0 Å². The van der Waals surface area contributed by atoms with Crippen molar-refractivity contribution in [2.45, 2.75) is 65.2 Å². The van der Waals surface area contributed by atoms with E-state index in [0.717, 1.165) is 12.8 Å². The molecule has 0 aromatic heterocycles. The van der Waals surface area contributed by atoms with Crippen molar-refractivity contribution >= 4 is 57.2 Å². The van der Waals surface area contributed by atoms with E-state index >= 15 is 0 Å². The molecule has 0 spiro atoms. The zero-order valence-corrected chi connectivity index (χ0v) is 25.7. The average molecular weight is 553 g/mol. The largest absolute Gasteiger partial charge is 0.310 e. The SMILES string of the molecule is Cc1cc2c3c(c1)B1c4cc(C)cc5c4N4c6c(cccc6C(C)(C)c6cc7c(c1c64)N3c1c(cccc1C7(C)C)C2)C5. The molecule has 206 valence electrons. The van der Waals surface area contributed by atoms with Crippen molar-refractivity contribution < 1.29 is 0 Å². The van der Waals surface area contributed by atoms with E-state index in [1.54, 1.807) is 0 Å². The molecule has 0 saturated heterocycles. The minimum absolute atomic E-state index is 0.106. The Labute approximate surface area is 254 Å². The predicted octanol–water partition coefficient (Wildman–Crippen LogP) is 7.47. The van der Waals surface area contributed by atoms with Crippen molar-refractivity contribution in [3.05, 3.63) is 122 Å². The minimum atomic E-state index is -0.106. The highest BCUT2D eigenvalue weighted by Gasteiger charge is 2.55.